The van der Waals surface area contributed by atoms with Crippen molar-refractivity contribution in [2.45, 2.75) is 0 Å². The Morgan fingerprint density at radius 2 is 1.61 bits per heavy atom. The molecule has 2 aromatic carbocycles. The molecular formula is C13H6Cl3NO. The fraction of sp³-hybridized carbons (Fsp3) is 0. The summed E-state index contributed by atoms with van der Waals surface area (Å²) < 4.78 is 5.56. The molecule has 0 atom stereocenters. The van der Waals surface area contributed by atoms with E-state index >= 15 is 0 Å². The van der Waals surface area contributed by atoms with Crippen LogP contribution in [-0.4, -0.2) is 0 Å². The van der Waals surface area contributed by atoms with Gasteiger partial charge in [0.15, 0.2) is 0 Å². The molecule has 0 N–H and O–H groups in total. The minimum Gasteiger partial charge on any atom is -0.456 e. The van der Waals surface area contributed by atoms with E-state index in [1.54, 1.807) is 30.3 Å². The second-order valence-electron chi connectivity index (χ2n) is 3.46. The van der Waals surface area contributed by atoms with Crippen molar-refractivity contribution in [3.63, 3.8) is 0 Å². The van der Waals surface area contributed by atoms with Crippen LogP contribution in [0.1, 0.15) is 5.56 Å². The molecule has 0 radical (unpaired) electrons. The van der Waals surface area contributed by atoms with Gasteiger partial charge in [-0.2, -0.15) is 5.26 Å². The molecule has 0 fully saturated rings. The van der Waals surface area contributed by atoms with Gasteiger partial charge in [-0.3, -0.25) is 0 Å². The van der Waals surface area contributed by atoms with Crippen LogP contribution in [0.4, 0.5) is 0 Å². The lowest BCUT2D eigenvalue weighted by Gasteiger charge is -2.08. The van der Waals surface area contributed by atoms with Gasteiger partial charge in [-0.25, -0.2) is 0 Å². The second kappa shape index (κ2) is 5.49. The molecule has 0 saturated heterocycles. The van der Waals surface area contributed by atoms with E-state index in [0.29, 0.717) is 32.1 Å². The van der Waals surface area contributed by atoms with E-state index in [1.807, 2.05) is 6.07 Å². The maximum absolute atomic E-state index is 8.73. The van der Waals surface area contributed by atoms with Gasteiger partial charge in [0.2, 0.25) is 0 Å². The van der Waals surface area contributed by atoms with E-state index in [2.05, 4.69) is 0 Å². The zero-order valence-electron chi connectivity index (χ0n) is 8.95. The molecule has 0 saturated carbocycles. The van der Waals surface area contributed by atoms with E-state index in [1.165, 1.54) is 6.07 Å². The molecule has 0 spiro atoms. The molecule has 90 valence electrons. The first kappa shape index (κ1) is 13.0. The lowest BCUT2D eigenvalue weighted by Crippen LogP contribution is -1.86. The van der Waals surface area contributed by atoms with Gasteiger partial charge in [-0.1, -0.05) is 34.8 Å². The van der Waals surface area contributed by atoms with Crippen molar-refractivity contribution >= 4 is 34.8 Å². The minimum atomic E-state index is 0.352. The molecule has 5 heteroatoms. The van der Waals surface area contributed by atoms with Crippen molar-refractivity contribution in [2.75, 3.05) is 0 Å². The number of hydrogen-bond acceptors (Lipinski definition) is 2. The van der Waals surface area contributed by atoms with E-state index in [4.69, 9.17) is 44.8 Å². The second-order valence-corrected chi connectivity index (χ2v) is 4.74. The summed E-state index contributed by atoms with van der Waals surface area (Å²) in [5.74, 6) is 0.924. The maximum Gasteiger partial charge on any atom is 0.146 e. The van der Waals surface area contributed by atoms with E-state index in [0.717, 1.165) is 0 Å². The highest BCUT2D eigenvalue weighted by atomic mass is 35.5. The summed E-state index contributed by atoms with van der Waals surface area (Å²) in [5, 5.41) is 10.0. The van der Waals surface area contributed by atoms with Gasteiger partial charge in [0.05, 0.1) is 16.7 Å². The van der Waals surface area contributed by atoms with E-state index in [-0.39, 0.29) is 0 Å². The fourth-order valence-corrected chi connectivity index (χ4v) is 2.09. The van der Waals surface area contributed by atoms with Crippen LogP contribution in [0.3, 0.4) is 0 Å². The molecule has 0 unspecified atom stereocenters. The van der Waals surface area contributed by atoms with Crippen molar-refractivity contribution in [1.82, 2.24) is 0 Å². The number of ether oxygens (including phenoxy) is 1. The Balaban J connectivity index is 2.31. The molecule has 0 bridgehead atoms. The van der Waals surface area contributed by atoms with Crippen LogP contribution in [0.5, 0.6) is 11.5 Å². The third kappa shape index (κ3) is 3.08. The van der Waals surface area contributed by atoms with Gasteiger partial charge in [0.1, 0.15) is 11.5 Å². The summed E-state index contributed by atoms with van der Waals surface area (Å²) in [6.45, 7) is 0. The predicted molar refractivity (Wildman–Crippen MR) is 72.7 cm³/mol. The molecule has 2 rings (SSSR count). The highest BCUT2D eigenvalue weighted by Gasteiger charge is 2.06. The molecule has 0 aliphatic heterocycles. The topological polar surface area (TPSA) is 33.0 Å². The van der Waals surface area contributed by atoms with Crippen LogP contribution in [0.15, 0.2) is 36.4 Å². The average molecular weight is 299 g/mol. The highest BCUT2D eigenvalue weighted by Crippen LogP contribution is 2.32. The predicted octanol–water partition coefficient (Wildman–Crippen LogP) is 5.31. The van der Waals surface area contributed by atoms with Crippen LogP contribution in [0.25, 0.3) is 0 Å². The fourth-order valence-electron chi connectivity index (χ4n) is 1.37. The molecule has 0 aliphatic carbocycles. The smallest absolute Gasteiger partial charge is 0.146 e. The van der Waals surface area contributed by atoms with Gasteiger partial charge < -0.3 is 4.74 Å². The first-order chi connectivity index (χ1) is 8.58. The molecule has 2 nitrogen and oxygen atoms in total. The number of nitriles is 1. The summed E-state index contributed by atoms with van der Waals surface area (Å²) in [7, 11) is 0. The monoisotopic (exact) mass is 297 g/mol. The minimum absolute atomic E-state index is 0.352. The molecule has 2 aromatic rings. The van der Waals surface area contributed by atoms with Crippen LogP contribution in [-0.2, 0) is 0 Å². The van der Waals surface area contributed by atoms with Crippen LogP contribution in [0, 0.1) is 11.3 Å². The summed E-state index contributed by atoms with van der Waals surface area (Å²) in [5.41, 5.74) is 0.469. The molecule has 18 heavy (non-hydrogen) atoms. The van der Waals surface area contributed by atoms with Gasteiger partial charge in [0, 0.05) is 10.0 Å². The third-order valence-corrected chi connectivity index (χ3v) is 2.86. The van der Waals surface area contributed by atoms with Crippen molar-refractivity contribution < 1.29 is 4.74 Å². The van der Waals surface area contributed by atoms with Crippen molar-refractivity contribution in [3.05, 3.63) is 57.0 Å². The summed E-state index contributed by atoms with van der Waals surface area (Å²) in [6.07, 6.45) is 0. The lowest BCUT2D eigenvalue weighted by molar-refractivity contribution is 0.483. The van der Waals surface area contributed by atoms with Crippen molar-refractivity contribution in [3.8, 4) is 17.6 Å². The first-order valence-corrected chi connectivity index (χ1v) is 6.05. The summed E-state index contributed by atoms with van der Waals surface area (Å²) in [6, 6.07) is 11.6. The quantitative estimate of drug-likeness (QED) is 0.752. The number of halogens is 3. The standard InChI is InChI=1S/C13H6Cl3NO/c14-9-4-10(15)6-11(5-9)18-13-2-1-8(7-17)3-12(13)16/h1-6H. The number of nitrogens with zero attached hydrogens (tertiary/aromatic N) is 1. The average Bonchev–Trinajstić information content (AvgIpc) is 2.30. The molecular weight excluding hydrogens is 293 g/mol. The maximum atomic E-state index is 8.73. The Labute approximate surface area is 119 Å². The Hall–Kier alpha value is -1.40. The third-order valence-electron chi connectivity index (χ3n) is 2.12. The SMILES string of the molecule is N#Cc1ccc(Oc2cc(Cl)cc(Cl)c2)c(Cl)c1. The highest BCUT2D eigenvalue weighted by molar-refractivity contribution is 6.34. The van der Waals surface area contributed by atoms with E-state index < -0.39 is 0 Å². The van der Waals surface area contributed by atoms with Crippen LogP contribution < -0.4 is 4.74 Å². The Morgan fingerprint density at radius 1 is 0.944 bits per heavy atom. The number of hydrogen-bond donors (Lipinski definition) is 0. The van der Waals surface area contributed by atoms with Crippen LogP contribution in [0.2, 0.25) is 15.1 Å². The van der Waals surface area contributed by atoms with Gasteiger partial charge in [-0.05, 0) is 36.4 Å². The normalized spacial score (nSPS) is 9.89. The van der Waals surface area contributed by atoms with Crippen molar-refractivity contribution in [2.24, 2.45) is 0 Å². The van der Waals surface area contributed by atoms with Gasteiger partial charge >= 0.3 is 0 Å². The Bertz CT molecular complexity index is 614. The zero-order chi connectivity index (χ0) is 13.1. The van der Waals surface area contributed by atoms with E-state index in [9.17, 15) is 0 Å². The largest absolute Gasteiger partial charge is 0.456 e. The van der Waals surface area contributed by atoms with Gasteiger partial charge in [0.25, 0.3) is 0 Å². The lowest BCUT2D eigenvalue weighted by atomic mass is 10.2. The zero-order valence-corrected chi connectivity index (χ0v) is 11.2. The Kier molecular flexibility index (Phi) is 3.98. The molecule has 0 amide bonds. The summed E-state index contributed by atoms with van der Waals surface area (Å²) in [4.78, 5) is 0. The molecule has 0 aliphatic rings. The summed E-state index contributed by atoms with van der Waals surface area (Å²) >= 11 is 17.7. The van der Waals surface area contributed by atoms with Crippen LogP contribution >= 0.6 is 34.8 Å². The van der Waals surface area contributed by atoms with Gasteiger partial charge in [-0.15, -0.1) is 0 Å². The number of rotatable bonds is 2. The van der Waals surface area contributed by atoms with Crippen molar-refractivity contribution in [1.29, 1.82) is 5.26 Å². The first-order valence-electron chi connectivity index (χ1n) is 4.92. The molecule has 0 aromatic heterocycles. The Morgan fingerprint density at radius 3 is 2.17 bits per heavy atom. The molecule has 0 heterocycles. The number of benzene rings is 2.